The number of nitrogen functional groups attached to an aromatic ring is 1. The van der Waals surface area contributed by atoms with Gasteiger partial charge in [-0.15, -0.1) is 0 Å². The van der Waals surface area contributed by atoms with E-state index in [4.69, 9.17) is 5.73 Å². The monoisotopic (exact) mass is 151 g/mol. The molecule has 0 radical (unpaired) electrons. The largest absolute Gasteiger partial charge is 0.384 e. The van der Waals surface area contributed by atoms with Crippen LogP contribution >= 0.6 is 0 Å². The number of aromatic nitrogens is 2. The first-order valence-electron chi connectivity index (χ1n) is 3.70. The van der Waals surface area contributed by atoms with Crippen LogP contribution in [0.1, 0.15) is 31.3 Å². The van der Waals surface area contributed by atoms with Crippen molar-refractivity contribution in [1.82, 2.24) is 9.97 Å². The van der Waals surface area contributed by atoms with Gasteiger partial charge in [0.15, 0.2) is 0 Å². The summed E-state index contributed by atoms with van der Waals surface area (Å²) in [6.45, 7) is 6.02. The van der Waals surface area contributed by atoms with Gasteiger partial charge in [-0.2, -0.15) is 0 Å². The zero-order valence-corrected chi connectivity index (χ0v) is 7.13. The summed E-state index contributed by atoms with van der Waals surface area (Å²) in [5, 5.41) is 0. The number of rotatable bonds is 1. The number of hydrogen-bond donors (Lipinski definition) is 1. The summed E-state index contributed by atoms with van der Waals surface area (Å²) < 4.78 is 0. The van der Waals surface area contributed by atoms with E-state index < -0.39 is 0 Å². The van der Waals surface area contributed by atoms with E-state index in [-0.39, 0.29) is 0 Å². The second-order valence-electron chi connectivity index (χ2n) is 2.92. The van der Waals surface area contributed by atoms with Crippen LogP contribution in [0.2, 0.25) is 0 Å². The SMILES string of the molecule is Cc1nc(N)cc(C(C)C)n1. The highest BCUT2D eigenvalue weighted by atomic mass is 14.9. The highest BCUT2D eigenvalue weighted by Crippen LogP contribution is 2.12. The third-order valence-electron chi connectivity index (χ3n) is 1.47. The molecule has 1 rings (SSSR count). The third-order valence-corrected chi connectivity index (χ3v) is 1.47. The number of anilines is 1. The minimum atomic E-state index is 0.416. The molecule has 60 valence electrons. The third kappa shape index (κ3) is 1.90. The minimum Gasteiger partial charge on any atom is -0.384 e. The van der Waals surface area contributed by atoms with E-state index in [1.807, 2.05) is 13.0 Å². The second kappa shape index (κ2) is 2.86. The fourth-order valence-corrected chi connectivity index (χ4v) is 0.911. The lowest BCUT2D eigenvalue weighted by atomic mass is 10.1. The van der Waals surface area contributed by atoms with Gasteiger partial charge < -0.3 is 5.73 Å². The van der Waals surface area contributed by atoms with Crippen LogP contribution in [0, 0.1) is 6.92 Å². The van der Waals surface area contributed by atoms with Gasteiger partial charge in [0.05, 0.1) is 0 Å². The van der Waals surface area contributed by atoms with Gasteiger partial charge in [0.2, 0.25) is 0 Å². The van der Waals surface area contributed by atoms with Crippen LogP contribution in [0.25, 0.3) is 0 Å². The van der Waals surface area contributed by atoms with Crippen LogP contribution in [0.3, 0.4) is 0 Å². The molecule has 0 fully saturated rings. The maximum absolute atomic E-state index is 5.55. The number of aryl methyl sites for hydroxylation is 1. The lowest BCUT2D eigenvalue weighted by Crippen LogP contribution is -2.01. The van der Waals surface area contributed by atoms with Crippen LogP contribution in [0.15, 0.2) is 6.07 Å². The molecule has 1 aromatic rings. The normalized spacial score (nSPS) is 10.5. The molecule has 0 bridgehead atoms. The van der Waals surface area contributed by atoms with E-state index in [9.17, 15) is 0 Å². The van der Waals surface area contributed by atoms with Gasteiger partial charge in [0, 0.05) is 11.8 Å². The Balaban J connectivity index is 3.08. The Hall–Kier alpha value is -1.12. The Morgan fingerprint density at radius 2 is 2.00 bits per heavy atom. The molecule has 1 heterocycles. The molecule has 0 aliphatic carbocycles. The summed E-state index contributed by atoms with van der Waals surface area (Å²) >= 11 is 0. The molecule has 0 aliphatic heterocycles. The molecule has 11 heavy (non-hydrogen) atoms. The van der Waals surface area contributed by atoms with Crippen molar-refractivity contribution in [2.24, 2.45) is 0 Å². The standard InChI is InChI=1S/C8H13N3/c1-5(2)7-4-8(9)11-6(3)10-7/h4-5H,1-3H3,(H2,9,10,11). The predicted octanol–water partition coefficient (Wildman–Crippen LogP) is 1.49. The van der Waals surface area contributed by atoms with E-state index in [1.54, 1.807) is 0 Å². The van der Waals surface area contributed by atoms with Crippen LogP contribution < -0.4 is 5.73 Å². The number of nitrogens with zero attached hydrogens (tertiary/aromatic N) is 2. The summed E-state index contributed by atoms with van der Waals surface area (Å²) in [5.74, 6) is 1.72. The van der Waals surface area contributed by atoms with Gasteiger partial charge in [-0.3, -0.25) is 0 Å². The average molecular weight is 151 g/mol. The van der Waals surface area contributed by atoms with Crippen LogP contribution in [0.4, 0.5) is 5.82 Å². The zero-order valence-electron chi connectivity index (χ0n) is 7.13. The molecule has 0 unspecified atom stereocenters. The lowest BCUT2D eigenvalue weighted by Gasteiger charge is -2.05. The molecule has 0 saturated heterocycles. The molecule has 0 spiro atoms. The Labute approximate surface area is 66.7 Å². The van der Waals surface area contributed by atoms with Crippen molar-refractivity contribution in [2.45, 2.75) is 26.7 Å². The van der Waals surface area contributed by atoms with E-state index in [0.717, 1.165) is 11.5 Å². The van der Waals surface area contributed by atoms with Gasteiger partial charge in [0.25, 0.3) is 0 Å². The van der Waals surface area contributed by atoms with E-state index in [0.29, 0.717) is 11.7 Å². The Bertz CT molecular complexity index is 235. The molecule has 0 atom stereocenters. The Kier molecular flexibility index (Phi) is 2.08. The fourth-order valence-electron chi connectivity index (χ4n) is 0.911. The molecule has 1 aromatic heterocycles. The van der Waals surface area contributed by atoms with Crippen LogP contribution in [-0.4, -0.2) is 9.97 Å². The number of hydrogen-bond acceptors (Lipinski definition) is 3. The van der Waals surface area contributed by atoms with Gasteiger partial charge >= 0.3 is 0 Å². The van der Waals surface area contributed by atoms with E-state index in [2.05, 4.69) is 23.8 Å². The lowest BCUT2D eigenvalue weighted by molar-refractivity contribution is 0.803. The van der Waals surface area contributed by atoms with Gasteiger partial charge in [-0.25, -0.2) is 9.97 Å². The minimum absolute atomic E-state index is 0.416. The van der Waals surface area contributed by atoms with Crippen molar-refractivity contribution in [3.8, 4) is 0 Å². The summed E-state index contributed by atoms with van der Waals surface area (Å²) in [6.07, 6.45) is 0. The highest BCUT2D eigenvalue weighted by molar-refractivity contribution is 5.30. The molecule has 0 amide bonds. The summed E-state index contributed by atoms with van der Waals surface area (Å²) in [6, 6.07) is 1.82. The summed E-state index contributed by atoms with van der Waals surface area (Å²) in [4.78, 5) is 8.23. The first kappa shape index (κ1) is 7.98. The molecule has 0 aromatic carbocycles. The van der Waals surface area contributed by atoms with Gasteiger partial charge in [-0.05, 0) is 12.8 Å². The second-order valence-corrected chi connectivity index (χ2v) is 2.92. The molecule has 0 aliphatic rings. The molecule has 0 saturated carbocycles. The smallest absolute Gasteiger partial charge is 0.127 e. The van der Waals surface area contributed by atoms with E-state index in [1.165, 1.54) is 0 Å². The van der Waals surface area contributed by atoms with Crippen molar-refractivity contribution in [3.63, 3.8) is 0 Å². The van der Waals surface area contributed by atoms with Gasteiger partial charge in [0.1, 0.15) is 11.6 Å². The van der Waals surface area contributed by atoms with Crippen molar-refractivity contribution >= 4 is 5.82 Å². The Morgan fingerprint density at radius 3 is 2.45 bits per heavy atom. The van der Waals surface area contributed by atoms with Gasteiger partial charge in [-0.1, -0.05) is 13.8 Å². The summed E-state index contributed by atoms with van der Waals surface area (Å²) in [7, 11) is 0. The highest BCUT2D eigenvalue weighted by Gasteiger charge is 2.02. The van der Waals surface area contributed by atoms with Crippen LogP contribution in [-0.2, 0) is 0 Å². The molecule has 2 N–H and O–H groups in total. The fraction of sp³-hybridized carbons (Fsp3) is 0.500. The first-order valence-corrected chi connectivity index (χ1v) is 3.70. The quantitative estimate of drug-likeness (QED) is 0.661. The van der Waals surface area contributed by atoms with Crippen molar-refractivity contribution in [1.29, 1.82) is 0 Å². The maximum atomic E-state index is 5.55. The summed E-state index contributed by atoms with van der Waals surface area (Å²) in [5.41, 5.74) is 6.56. The van der Waals surface area contributed by atoms with Crippen molar-refractivity contribution in [3.05, 3.63) is 17.6 Å². The Morgan fingerprint density at radius 1 is 1.36 bits per heavy atom. The molecule has 3 heteroatoms. The van der Waals surface area contributed by atoms with Crippen molar-refractivity contribution in [2.75, 3.05) is 5.73 Å². The topological polar surface area (TPSA) is 51.8 Å². The average Bonchev–Trinajstić information content (AvgIpc) is 1.85. The van der Waals surface area contributed by atoms with Crippen LogP contribution in [0.5, 0.6) is 0 Å². The molecular formula is C8H13N3. The first-order chi connectivity index (χ1) is 5.09. The maximum Gasteiger partial charge on any atom is 0.127 e. The predicted molar refractivity (Wildman–Crippen MR) is 45.3 cm³/mol. The van der Waals surface area contributed by atoms with Crippen molar-refractivity contribution < 1.29 is 0 Å². The molecular weight excluding hydrogens is 138 g/mol. The molecule has 3 nitrogen and oxygen atoms in total. The number of nitrogens with two attached hydrogens (primary N) is 1. The van der Waals surface area contributed by atoms with E-state index >= 15 is 0 Å². The zero-order chi connectivity index (χ0) is 8.43.